The van der Waals surface area contributed by atoms with Gasteiger partial charge in [-0.1, -0.05) is 12.1 Å². The highest BCUT2D eigenvalue weighted by Gasteiger charge is 2.32. The standard InChI is InChI=1S/C19H19N3O2S/c1-13-8-17(25-12-13)19(23)22-11-18-20-6-7-21(18)10-16(22)14-4-3-5-15(9-14)24-2/h3-9,12,16H,10-11H2,1-2H3/t16-/m1/s1. The molecular formula is C19H19N3O2S. The molecule has 128 valence electrons. The summed E-state index contributed by atoms with van der Waals surface area (Å²) in [6.45, 7) is 3.21. The number of amides is 1. The molecule has 3 aromatic rings. The Morgan fingerprint density at radius 1 is 1.36 bits per heavy atom. The number of aryl methyl sites for hydroxylation is 1. The minimum absolute atomic E-state index is 0.0493. The van der Waals surface area contributed by atoms with Crippen LogP contribution in [0.1, 0.15) is 32.7 Å². The van der Waals surface area contributed by atoms with Crippen molar-refractivity contribution in [2.75, 3.05) is 7.11 Å². The van der Waals surface area contributed by atoms with Crippen LogP contribution in [0.25, 0.3) is 0 Å². The van der Waals surface area contributed by atoms with Crippen LogP contribution in [0, 0.1) is 6.92 Å². The molecule has 5 nitrogen and oxygen atoms in total. The number of methoxy groups -OCH3 is 1. The second kappa shape index (κ2) is 6.37. The second-order valence-corrected chi connectivity index (χ2v) is 7.12. The van der Waals surface area contributed by atoms with Gasteiger partial charge >= 0.3 is 0 Å². The summed E-state index contributed by atoms with van der Waals surface area (Å²) in [6, 6.07) is 9.85. The second-order valence-electron chi connectivity index (χ2n) is 6.21. The third-order valence-electron chi connectivity index (χ3n) is 4.54. The lowest BCUT2D eigenvalue weighted by Crippen LogP contribution is -2.40. The molecule has 0 spiro atoms. The average Bonchev–Trinajstić information content (AvgIpc) is 3.28. The van der Waals surface area contributed by atoms with Crippen molar-refractivity contribution in [3.63, 3.8) is 0 Å². The van der Waals surface area contributed by atoms with Crippen LogP contribution in [0.15, 0.2) is 48.1 Å². The number of nitrogens with zero attached hydrogens (tertiary/aromatic N) is 3. The minimum atomic E-state index is -0.0493. The van der Waals surface area contributed by atoms with E-state index in [0.717, 1.165) is 27.6 Å². The summed E-state index contributed by atoms with van der Waals surface area (Å²) in [5.41, 5.74) is 2.19. The van der Waals surface area contributed by atoms with Crippen LogP contribution < -0.4 is 4.74 Å². The monoisotopic (exact) mass is 353 g/mol. The molecule has 0 aliphatic carbocycles. The third-order valence-corrected chi connectivity index (χ3v) is 5.58. The molecule has 4 rings (SSSR count). The molecule has 1 atom stereocenters. The fraction of sp³-hybridized carbons (Fsp3) is 0.263. The van der Waals surface area contributed by atoms with Gasteiger partial charge in [-0.15, -0.1) is 11.3 Å². The molecule has 3 heterocycles. The van der Waals surface area contributed by atoms with Gasteiger partial charge in [-0.3, -0.25) is 4.79 Å². The number of carbonyl (C=O) groups excluding carboxylic acids is 1. The summed E-state index contributed by atoms with van der Waals surface area (Å²) in [5.74, 6) is 1.77. The van der Waals surface area contributed by atoms with Gasteiger partial charge in [0.1, 0.15) is 11.6 Å². The van der Waals surface area contributed by atoms with E-state index in [-0.39, 0.29) is 11.9 Å². The number of hydrogen-bond acceptors (Lipinski definition) is 4. The van der Waals surface area contributed by atoms with E-state index in [0.29, 0.717) is 13.1 Å². The van der Waals surface area contributed by atoms with E-state index in [9.17, 15) is 4.79 Å². The summed E-state index contributed by atoms with van der Waals surface area (Å²) in [5, 5.41) is 2.01. The Kier molecular flexibility index (Phi) is 4.05. The van der Waals surface area contributed by atoms with Gasteiger partial charge in [0.15, 0.2) is 0 Å². The normalized spacial score (nSPS) is 16.6. The lowest BCUT2D eigenvalue weighted by Gasteiger charge is -2.36. The maximum Gasteiger partial charge on any atom is 0.264 e. The van der Waals surface area contributed by atoms with Gasteiger partial charge in [0.2, 0.25) is 0 Å². The summed E-state index contributed by atoms with van der Waals surface area (Å²) >= 11 is 1.50. The Labute approximate surface area is 150 Å². The molecule has 0 unspecified atom stereocenters. The van der Waals surface area contributed by atoms with E-state index in [4.69, 9.17) is 4.74 Å². The number of thiophene rings is 1. The van der Waals surface area contributed by atoms with Gasteiger partial charge < -0.3 is 14.2 Å². The number of rotatable bonds is 3. The van der Waals surface area contributed by atoms with E-state index >= 15 is 0 Å². The quantitative estimate of drug-likeness (QED) is 0.722. The van der Waals surface area contributed by atoms with Crippen molar-refractivity contribution < 1.29 is 9.53 Å². The largest absolute Gasteiger partial charge is 0.497 e. The van der Waals surface area contributed by atoms with Crippen molar-refractivity contribution in [3.8, 4) is 5.75 Å². The predicted octanol–water partition coefficient (Wildman–Crippen LogP) is 3.66. The first-order chi connectivity index (χ1) is 12.2. The zero-order chi connectivity index (χ0) is 17.4. The van der Waals surface area contributed by atoms with Crippen molar-refractivity contribution in [2.24, 2.45) is 0 Å². The highest BCUT2D eigenvalue weighted by atomic mass is 32.1. The highest BCUT2D eigenvalue weighted by Crippen LogP contribution is 2.33. The average molecular weight is 353 g/mol. The highest BCUT2D eigenvalue weighted by molar-refractivity contribution is 7.12. The Balaban J connectivity index is 1.74. The van der Waals surface area contributed by atoms with E-state index in [1.165, 1.54) is 11.3 Å². The van der Waals surface area contributed by atoms with Crippen LogP contribution in [0.3, 0.4) is 0 Å². The molecule has 1 aromatic carbocycles. The van der Waals surface area contributed by atoms with Crippen LogP contribution in [0.4, 0.5) is 0 Å². The Morgan fingerprint density at radius 3 is 3.00 bits per heavy atom. The molecule has 1 aliphatic rings. The molecule has 1 amide bonds. The zero-order valence-corrected chi connectivity index (χ0v) is 15.0. The molecule has 0 saturated heterocycles. The van der Waals surface area contributed by atoms with E-state index in [1.807, 2.05) is 47.7 Å². The van der Waals surface area contributed by atoms with E-state index in [1.54, 1.807) is 13.3 Å². The van der Waals surface area contributed by atoms with Gasteiger partial charge in [0.25, 0.3) is 5.91 Å². The molecule has 0 N–H and O–H groups in total. The molecule has 25 heavy (non-hydrogen) atoms. The number of ether oxygens (including phenoxy) is 1. The minimum Gasteiger partial charge on any atom is -0.497 e. The number of carbonyl (C=O) groups is 1. The molecule has 2 aromatic heterocycles. The number of imidazole rings is 1. The van der Waals surface area contributed by atoms with Crippen molar-refractivity contribution in [2.45, 2.75) is 26.1 Å². The van der Waals surface area contributed by atoms with E-state index in [2.05, 4.69) is 15.6 Å². The maximum absolute atomic E-state index is 13.2. The smallest absolute Gasteiger partial charge is 0.264 e. The first-order valence-corrected chi connectivity index (χ1v) is 9.04. The Hall–Kier alpha value is -2.60. The molecule has 0 saturated carbocycles. The molecular weight excluding hydrogens is 334 g/mol. The van der Waals surface area contributed by atoms with Crippen LogP contribution in [-0.2, 0) is 13.1 Å². The van der Waals surface area contributed by atoms with Crippen molar-refractivity contribution in [3.05, 3.63) is 69.9 Å². The van der Waals surface area contributed by atoms with Gasteiger partial charge in [-0.05, 0) is 41.6 Å². The summed E-state index contributed by atoms with van der Waals surface area (Å²) in [6.07, 6.45) is 3.76. The lowest BCUT2D eigenvalue weighted by atomic mass is 10.0. The molecule has 0 radical (unpaired) electrons. The van der Waals surface area contributed by atoms with Gasteiger partial charge in [0.05, 0.1) is 24.6 Å². The zero-order valence-electron chi connectivity index (χ0n) is 14.2. The fourth-order valence-electron chi connectivity index (χ4n) is 3.24. The number of aromatic nitrogens is 2. The summed E-state index contributed by atoms with van der Waals surface area (Å²) < 4.78 is 7.48. The van der Waals surface area contributed by atoms with Crippen LogP contribution in [0.2, 0.25) is 0 Å². The first-order valence-electron chi connectivity index (χ1n) is 8.16. The van der Waals surface area contributed by atoms with Crippen molar-refractivity contribution >= 4 is 17.2 Å². The molecule has 6 heteroatoms. The third kappa shape index (κ3) is 2.93. The first kappa shape index (κ1) is 15.9. The predicted molar refractivity (Wildman–Crippen MR) is 96.9 cm³/mol. The lowest BCUT2D eigenvalue weighted by molar-refractivity contribution is 0.0589. The van der Waals surface area contributed by atoms with Gasteiger partial charge in [-0.25, -0.2) is 4.98 Å². The van der Waals surface area contributed by atoms with Crippen molar-refractivity contribution in [1.82, 2.24) is 14.5 Å². The Morgan fingerprint density at radius 2 is 2.24 bits per heavy atom. The van der Waals surface area contributed by atoms with Gasteiger partial charge in [0, 0.05) is 18.9 Å². The maximum atomic E-state index is 13.2. The SMILES string of the molecule is COc1cccc([C@H]2Cn3ccnc3CN2C(=O)c2cc(C)cs2)c1. The molecule has 0 bridgehead atoms. The van der Waals surface area contributed by atoms with Crippen LogP contribution >= 0.6 is 11.3 Å². The Bertz CT molecular complexity index is 915. The van der Waals surface area contributed by atoms with Crippen LogP contribution in [0.5, 0.6) is 5.75 Å². The summed E-state index contributed by atoms with van der Waals surface area (Å²) in [4.78, 5) is 20.2. The van der Waals surface area contributed by atoms with Crippen molar-refractivity contribution in [1.29, 1.82) is 0 Å². The van der Waals surface area contributed by atoms with E-state index < -0.39 is 0 Å². The number of fused-ring (bicyclic) bond motifs is 1. The van der Waals surface area contributed by atoms with Crippen LogP contribution in [-0.4, -0.2) is 27.5 Å². The molecule has 0 fully saturated rings. The number of hydrogen-bond donors (Lipinski definition) is 0. The molecule has 1 aliphatic heterocycles. The number of benzene rings is 1. The fourth-order valence-corrected chi connectivity index (χ4v) is 4.09. The summed E-state index contributed by atoms with van der Waals surface area (Å²) in [7, 11) is 1.66. The topological polar surface area (TPSA) is 47.4 Å². The van der Waals surface area contributed by atoms with Gasteiger partial charge in [-0.2, -0.15) is 0 Å².